The molecule has 0 amide bonds. The van der Waals surface area contributed by atoms with Gasteiger partial charge in [0.25, 0.3) is 0 Å². The van der Waals surface area contributed by atoms with E-state index in [2.05, 4.69) is 5.18 Å². The molecule has 2 aromatic rings. The Balaban J connectivity index is 2.39. The topological polar surface area (TPSA) is 49.7 Å². The molecule has 0 bridgehead atoms. The van der Waals surface area contributed by atoms with Crippen LogP contribution in [0.25, 0.3) is 11.1 Å². The van der Waals surface area contributed by atoms with Gasteiger partial charge in [-0.1, -0.05) is 41.0 Å². The Morgan fingerprint density at radius 3 is 2.41 bits per heavy atom. The highest BCUT2D eigenvalue weighted by molar-refractivity contribution is 6.33. The number of rotatable bonds is 3. The summed E-state index contributed by atoms with van der Waals surface area (Å²) in [6.45, 7) is 0.121. The number of hydrogen-bond donors (Lipinski definition) is 1. The largest absolute Gasteiger partial charge is 0.508 e. The van der Waals surface area contributed by atoms with Gasteiger partial charge in [0, 0.05) is 10.6 Å². The summed E-state index contributed by atoms with van der Waals surface area (Å²) in [5.74, 6) is 0.214. The van der Waals surface area contributed by atoms with E-state index in [0.717, 1.165) is 16.7 Å². The normalized spacial score (nSPS) is 10.2. The van der Waals surface area contributed by atoms with Gasteiger partial charge in [0.15, 0.2) is 0 Å². The predicted molar refractivity (Wildman–Crippen MR) is 68.1 cm³/mol. The Hall–Kier alpha value is -1.87. The highest BCUT2D eigenvalue weighted by atomic mass is 35.5. The van der Waals surface area contributed by atoms with Gasteiger partial charge in [0.05, 0.1) is 0 Å². The predicted octanol–water partition coefficient (Wildman–Crippen LogP) is 3.98. The molecule has 0 radical (unpaired) electrons. The molecular weight excluding hydrogens is 238 g/mol. The third-order valence-electron chi connectivity index (χ3n) is 2.46. The number of nitrogens with zero attached hydrogens (tertiary/aromatic N) is 1. The number of nitroso groups, excluding NO2 is 1. The van der Waals surface area contributed by atoms with Crippen LogP contribution in [0.5, 0.6) is 5.75 Å². The number of halogens is 1. The van der Waals surface area contributed by atoms with Crippen LogP contribution in [0.15, 0.2) is 47.6 Å². The molecular formula is C13H10ClNO2. The Bertz CT molecular complexity index is 538. The molecule has 0 saturated heterocycles. The Morgan fingerprint density at radius 2 is 1.82 bits per heavy atom. The highest BCUT2D eigenvalue weighted by Gasteiger charge is 2.04. The van der Waals surface area contributed by atoms with Crippen molar-refractivity contribution in [3.8, 4) is 16.9 Å². The van der Waals surface area contributed by atoms with Crippen LogP contribution in [0.4, 0.5) is 0 Å². The summed E-state index contributed by atoms with van der Waals surface area (Å²) in [7, 11) is 0. The van der Waals surface area contributed by atoms with Crippen LogP contribution in [0.3, 0.4) is 0 Å². The molecule has 0 saturated carbocycles. The first kappa shape index (κ1) is 11.6. The van der Waals surface area contributed by atoms with Crippen molar-refractivity contribution in [3.63, 3.8) is 0 Å². The molecule has 2 rings (SSSR count). The first-order valence-electron chi connectivity index (χ1n) is 5.07. The maximum atomic E-state index is 10.2. The van der Waals surface area contributed by atoms with Crippen LogP contribution in [-0.2, 0) is 6.54 Å². The summed E-state index contributed by atoms with van der Waals surface area (Å²) in [5.41, 5.74) is 2.56. The molecule has 86 valence electrons. The summed E-state index contributed by atoms with van der Waals surface area (Å²) >= 11 is 6.13. The molecule has 4 heteroatoms. The SMILES string of the molecule is O=NCc1ccc(-c2ccc(O)cc2)c(Cl)c1. The Morgan fingerprint density at radius 1 is 1.12 bits per heavy atom. The van der Waals surface area contributed by atoms with E-state index in [4.69, 9.17) is 11.6 Å². The van der Waals surface area contributed by atoms with Crippen molar-refractivity contribution in [3.05, 3.63) is 58.0 Å². The fourth-order valence-electron chi connectivity index (χ4n) is 1.61. The molecule has 0 aromatic heterocycles. The maximum absolute atomic E-state index is 10.2. The average molecular weight is 248 g/mol. The van der Waals surface area contributed by atoms with Gasteiger partial charge in [-0.3, -0.25) is 0 Å². The fraction of sp³-hybridized carbons (Fsp3) is 0.0769. The molecule has 1 N–H and O–H groups in total. The molecule has 17 heavy (non-hydrogen) atoms. The molecule has 0 aliphatic rings. The lowest BCUT2D eigenvalue weighted by atomic mass is 10.0. The average Bonchev–Trinajstić information content (AvgIpc) is 2.31. The van der Waals surface area contributed by atoms with E-state index >= 15 is 0 Å². The minimum Gasteiger partial charge on any atom is -0.508 e. The molecule has 0 atom stereocenters. The zero-order chi connectivity index (χ0) is 12.3. The van der Waals surface area contributed by atoms with Gasteiger partial charge in [-0.05, 0) is 29.3 Å². The monoisotopic (exact) mass is 247 g/mol. The Kier molecular flexibility index (Phi) is 3.40. The van der Waals surface area contributed by atoms with Gasteiger partial charge in [-0.15, -0.1) is 0 Å². The first-order chi connectivity index (χ1) is 8.20. The van der Waals surface area contributed by atoms with Gasteiger partial charge in [0.1, 0.15) is 12.3 Å². The molecule has 0 spiro atoms. The summed E-state index contributed by atoms with van der Waals surface area (Å²) in [4.78, 5) is 10.2. The van der Waals surface area contributed by atoms with E-state index in [-0.39, 0.29) is 12.3 Å². The van der Waals surface area contributed by atoms with Crippen molar-refractivity contribution >= 4 is 11.6 Å². The lowest BCUT2D eigenvalue weighted by molar-refractivity contribution is 0.475. The smallest absolute Gasteiger partial charge is 0.115 e. The second kappa shape index (κ2) is 4.97. The molecule has 2 aromatic carbocycles. The molecule has 0 aliphatic heterocycles. The second-order valence-electron chi connectivity index (χ2n) is 3.65. The maximum Gasteiger partial charge on any atom is 0.115 e. The van der Waals surface area contributed by atoms with Crippen LogP contribution in [0.1, 0.15) is 5.56 Å². The number of hydrogen-bond acceptors (Lipinski definition) is 3. The van der Waals surface area contributed by atoms with E-state index in [1.54, 1.807) is 30.3 Å². The number of phenolic OH excluding ortho intramolecular Hbond substituents is 1. The van der Waals surface area contributed by atoms with E-state index in [1.807, 2.05) is 12.1 Å². The standard InChI is InChI=1S/C13H10ClNO2/c14-13-7-9(8-15-17)1-6-12(13)10-2-4-11(16)5-3-10/h1-7,16H,8H2. The third-order valence-corrected chi connectivity index (χ3v) is 2.77. The van der Waals surface area contributed by atoms with E-state index < -0.39 is 0 Å². The summed E-state index contributed by atoms with van der Waals surface area (Å²) in [6, 6.07) is 12.2. The van der Waals surface area contributed by atoms with E-state index in [0.29, 0.717) is 5.02 Å². The van der Waals surface area contributed by atoms with Crippen LogP contribution in [0, 0.1) is 4.91 Å². The van der Waals surface area contributed by atoms with Crippen LogP contribution < -0.4 is 0 Å². The zero-order valence-electron chi connectivity index (χ0n) is 8.93. The Labute approximate surface area is 104 Å². The van der Waals surface area contributed by atoms with Crippen molar-refractivity contribution in [2.45, 2.75) is 6.54 Å². The minimum absolute atomic E-state index is 0.121. The van der Waals surface area contributed by atoms with Crippen molar-refractivity contribution < 1.29 is 5.11 Å². The lowest BCUT2D eigenvalue weighted by Gasteiger charge is -2.06. The first-order valence-corrected chi connectivity index (χ1v) is 5.45. The van der Waals surface area contributed by atoms with E-state index in [9.17, 15) is 10.0 Å². The van der Waals surface area contributed by atoms with Crippen molar-refractivity contribution in [2.24, 2.45) is 5.18 Å². The molecule has 0 fully saturated rings. The number of benzene rings is 2. The lowest BCUT2D eigenvalue weighted by Crippen LogP contribution is -1.84. The third kappa shape index (κ3) is 2.63. The summed E-state index contributed by atoms with van der Waals surface area (Å²) in [5, 5.41) is 12.6. The van der Waals surface area contributed by atoms with Crippen molar-refractivity contribution in [1.82, 2.24) is 0 Å². The summed E-state index contributed by atoms with van der Waals surface area (Å²) in [6.07, 6.45) is 0. The zero-order valence-corrected chi connectivity index (χ0v) is 9.69. The molecule has 0 unspecified atom stereocenters. The van der Waals surface area contributed by atoms with Crippen molar-refractivity contribution in [1.29, 1.82) is 0 Å². The molecule has 3 nitrogen and oxygen atoms in total. The van der Waals surface area contributed by atoms with Crippen molar-refractivity contribution in [2.75, 3.05) is 0 Å². The van der Waals surface area contributed by atoms with Crippen LogP contribution in [-0.4, -0.2) is 5.11 Å². The van der Waals surface area contributed by atoms with Gasteiger partial charge in [0.2, 0.25) is 0 Å². The molecule has 0 heterocycles. The van der Waals surface area contributed by atoms with Crippen LogP contribution >= 0.6 is 11.6 Å². The quantitative estimate of drug-likeness (QED) is 0.834. The highest BCUT2D eigenvalue weighted by Crippen LogP contribution is 2.29. The summed E-state index contributed by atoms with van der Waals surface area (Å²) < 4.78 is 0. The number of aromatic hydroxyl groups is 1. The van der Waals surface area contributed by atoms with Gasteiger partial charge in [-0.25, -0.2) is 0 Å². The van der Waals surface area contributed by atoms with Gasteiger partial charge >= 0.3 is 0 Å². The second-order valence-corrected chi connectivity index (χ2v) is 4.06. The van der Waals surface area contributed by atoms with Gasteiger partial charge < -0.3 is 5.11 Å². The van der Waals surface area contributed by atoms with Crippen LogP contribution in [0.2, 0.25) is 5.02 Å². The molecule has 0 aliphatic carbocycles. The number of phenols is 1. The van der Waals surface area contributed by atoms with E-state index in [1.165, 1.54) is 0 Å². The fourth-order valence-corrected chi connectivity index (χ4v) is 1.92. The minimum atomic E-state index is 0.121. The van der Waals surface area contributed by atoms with Gasteiger partial charge in [-0.2, -0.15) is 4.91 Å².